The van der Waals surface area contributed by atoms with Crippen LogP contribution in [0.2, 0.25) is 10.0 Å². The van der Waals surface area contributed by atoms with E-state index < -0.39 is 0 Å². The van der Waals surface area contributed by atoms with Crippen LogP contribution < -0.4 is 16.4 Å². The minimum Gasteiger partial charge on any atom is -0.382 e. The van der Waals surface area contributed by atoms with E-state index in [1.165, 1.54) is 11.1 Å². The molecule has 138 valence electrons. The summed E-state index contributed by atoms with van der Waals surface area (Å²) in [6.45, 7) is 1.50. The number of nitrogens with zero attached hydrogens (tertiary/aromatic N) is 3. The molecule has 2 aromatic carbocycles. The minimum absolute atomic E-state index is 0.0149. The number of nitrogen functional groups attached to an aromatic ring is 1. The van der Waals surface area contributed by atoms with Crippen molar-refractivity contribution in [3.05, 3.63) is 69.8 Å². The van der Waals surface area contributed by atoms with Crippen molar-refractivity contribution in [3.63, 3.8) is 0 Å². The monoisotopic (exact) mass is 399 g/mol. The normalized spacial score (nSPS) is 16.7. The fourth-order valence-electron chi connectivity index (χ4n) is 3.41. The Morgan fingerprint density at radius 1 is 1.07 bits per heavy atom. The molecule has 0 radical (unpaired) electrons. The van der Waals surface area contributed by atoms with Crippen molar-refractivity contribution in [1.82, 2.24) is 9.97 Å². The van der Waals surface area contributed by atoms with Gasteiger partial charge in [-0.3, -0.25) is 0 Å². The summed E-state index contributed by atoms with van der Waals surface area (Å²) in [5.74, 6) is 1.04. The number of rotatable bonds is 2. The average molecular weight is 400 g/mol. The topological polar surface area (TPSA) is 81.1 Å². The second-order valence-corrected chi connectivity index (χ2v) is 7.36. The number of fused-ring (bicyclic) bond motifs is 1. The summed E-state index contributed by atoms with van der Waals surface area (Å²) in [6.07, 6.45) is 2.56. The SMILES string of the molecule is Nc1nc(N2CC[C@H](N)c3ccccc3C2)cnc1-c1cccc(Cl)c1Cl. The Labute approximate surface area is 167 Å². The molecular weight excluding hydrogens is 381 g/mol. The van der Waals surface area contributed by atoms with Crippen molar-refractivity contribution in [1.29, 1.82) is 0 Å². The van der Waals surface area contributed by atoms with Gasteiger partial charge in [0.1, 0.15) is 11.5 Å². The van der Waals surface area contributed by atoms with E-state index in [4.69, 9.17) is 34.7 Å². The largest absolute Gasteiger partial charge is 0.382 e. The van der Waals surface area contributed by atoms with Crippen molar-refractivity contribution in [3.8, 4) is 11.3 Å². The number of nitrogens with two attached hydrogens (primary N) is 2. The van der Waals surface area contributed by atoms with Crippen molar-refractivity contribution in [2.24, 2.45) is 5.73 Å². The lowest BCUT2D eigenvalue weighted by Gasteiger charge is -2.22. The van der Waals surface area contributed by atoms with Gasteiger partial charge in [0.25, 0.3) is 0 Å². The third-order valence-electron chi connectivity index (χ3n) is 4.84. The van der Waals surface area contributed by atoms with Gasteiger partial charge in [-0.25, -0.2) is 9.97 Å². The highest BCUT2D eigenvalue weighted by Gasteiger charge is 2.21. The Balaban J connectivity index is 1.68. The predicted octanol–water partition coefficient (Wildman–Crippen LogP) is 4.44. The third-order valence-corrected chi connectivity index (χ3v) is 5.66. The number of hydrogen-bond donors (Lipinski definition) is 2. The van der Waals surface area contributed by atoms with Gasteiger partial charge in [0.2, 0.25) is 0 Å². The van der Waals surface area contributed by atoms with E-state index >= 15 is 0 Å². The molecule has 1 aromatic heterocycles. The van der Waals surface area contributed by atoms with Gasteiger partial charge in [-0.05, 0) is 23.6 Å². The third kappa shape index (κ3) is 3.46. The lowest BCUT2D eigenvalue weighted by Crippen LogP contribution is -2.25. The molecule has 0 saturated carbocycles. The van der Waals surface area contributed by atoms with E-state index in [1.807, 2.05) is 24.3 Å². The summed E-state index contributed by atoms with van der Waals surface area (Å²) in [5, 5.41) is 0.875. The molecule has 0 spiro atoms. The Morgan fingerprint density at radius 2 is 1.89 bits per heavy atom. The molecule has 7 heteroatoms. The van der Waals surface area contributed by atoms with E-state index in [-0.39, 0.29) is 6.04 Å². The van der Waals surface area contributed by atoms with Crippen LogP contribution in [-0.2, 0) is 6.54 Å². The molecule has 2 heterocycles. The smallest absolute Gasteiger partial charge is 0.152 e. The average Bonchev–Trinajstić information content (AvgIpc) is 2.84. The summed E-state index contributed by atoms with van der Waals surface area (Å²) in [4.78, 5) is 11.3. The van der Waals surface area contributed by atoms with E-state index in [9.17, 15) is 0 Å². The Kier molecular flexibility index (Phi) is 4.91. The van der Waals surface area contributed by atoms with Gasteiger partial charge in [0.15, 0.2) is 5.82 Å². The summed E-state index contributed by atoms with van der Waals surface area (Å²) < 4.78 is 0. The molecule has 0 fully saturated rings. The van der Waals surface area contributed by atoms with Crippen molar-refractivity contribution >= 4 is 34.8 Å². The van der Waals surface area contributed by atoms with Crippen molar-refractivity contribution in [2.45, 2.75) is 19.0 Å². The zero-order valence-electron chi connectivity index (χ0n) is 14.6. The quantitative estimate of drug-likeness (QED) is 0.665. The van der Waals surface area contributed by atoms with Crippen LogP contribution >= 0.6 is 23.2 Å². The van der Waals surface area contributed by atoms with E-state index in [0.29, 0.717) is 27.1 Å². The van der Waals surface area contributed by atoms with Gasteiger partial charge in [-0.2, -0.15) is 0 Å². The first kappa shape index (κ1) is 18.0. The van der Waals surface area contributed by atoms with Crippen LogP contribution in [0.5, 0.6) is 0 Å². The lowest BCUT2D eigenvalue weighted by atomic mass is 10.0. The molecular formula is C20H19Cl2N5. The molecule has 5 nitrogen and oxygen atoms in total. The maximum absolute atomic E-state index is 6.33. The second-order valence-electron chi connectivity index (χ2n) is 6.58. The van der Waals surface area contributed by atoms with Gasteiger partial charge in [0.05, 0.1) is 16.2 Å². The van der Waals surface area contributed by atoms with Gasteiger partial charge in [-0.15, -0.1) is 0 Å². The first-order valence-electron chi connectivity index (χ1n) is 8.70. The highest BCUT2D eigenvalue weighted by atomic mass is 35.5. The Hall–Kier alpha value is -2.34. The fourth-order valence-corrected chi connectivity index (χ4v) is 3.80. The van der Waals surface area contributed by atoms with Gasteiger partial charge >= 0.3 is 0 Å². The molecule has 1 aliphatic rings. The number of anilines is 2. The van der Waals surface area contributed by atoms with Crippen LogP contribution in [0, 0.1) is 0 Å². The number of benzene rings is 2. The molecule has 0 unspecified atom stereocenters. The molecule has 1 atom stereocenters. The first-order valence-corrected chi connectivity index (χ1v) is 9.45. The van der Waals surface area contributed by atoms with Gasteiger partial charge in [0, 0.05) is 24.7 Å². The number of aromatic nitrogens is 2. The second kappa shape index (κ2) is 7.35. The van der Waals surface area contributed by atoms with Crippen LogP contribution in [0.25, 0.3) is 11.3 Å². The molecule has 4 N–H and O–H groups in total. The standard InChI is InChI=1S/C20H19Cl2N5/c21-15-7-3-6-14(18(15)22)19-20(24)26-17(10-25-19)27-9-8-16(23)13-5-2-1-4-12(13)11-27/h1-7,10,16H,8-9,11,23H2,(H2,24,26)/t16-/m0/s1. The summed E-state index contributed by atoms with van der Waals surface area (Å²) in [5.41, 5.74) is 16.1. The fraction of sp³-hybridized carbons (Fsp3) is 0.200. The molecule has 1 aliphatic heterocycles. The summed E-state index contributed by atoms with van der Waals surface area (Å²) in [6, 6.07) is 13.6. The molecule has 27 heavy (non-hydrogen) atoms. The van der Waals surface area contributed by atoms with E-state index in [0.717, 1.165) is 25.3 Å². The van der Waals surface area contributed by atoms with Crippen LogP contribution in [-0.4, -0.2) is 16.5 Å². The molecule has 4 rings (SSSR count). The van der Waals surface area contributed by atoms with Crippen LogP contribution in [0.15, 0.2) is 48.7 Å². The summed E-state index contributed by atoms with van der Waals surface area (Å²) >= 11 is 12.4. The highest BCUT2D eigenvalue weighted by Crippen LogP contribution is 2.35. The molecule has 0 aliphatic carbocycles. The number of hydrogen-bond acceptors (Lipinski definition) is 5. The molecule has 0 amide bonds. The molecule has 0 saturated heterocycles. The van der Waals surface area contributed by atoms with Crippen molar-refractivity contribution in [2.75, 3.05) is 17.2 Å². The van der Waals surface area contributed by atoms with Crippen LogP contribution in [0.3, 0.4) is 0 Å². The van der Waals surface area contributed by atoms with Gasteiger partial charge in [-0.1, -0.05) is 59.6 Å². The van der Waals surface area contributed by atoms with Crippen LogP contribution in [0.4, 0.5) is 11.6 Å². The van der Waals surface area contributed by atoms with Crippen LogP contribution in [0.1, 0.15) is 23.6 Å². The maximum atomic E-state index is 6.33. The zero-order chi connectivity index (χ0) is 19.0. The van der Waals surface area contributed by atoms with Gasteiger partial charge < -0.3 is 16.4 Å². The zero-order valence-corrected chi connectivity index (χ0v) is 16.1. The highest BCUT2D eigenvalue weighted by molar-refractivity contribution is 6.43. The lowest BCUT2D eigenvalue weighted by molar-refractivity contribution is 0.651. The first-order chi connectivity index (χ1) is 13.0. The van der Waals surface area contributed by atoms with E-state index in [2.05, 4.69) is 27.0 Å². The maximum Gasteiger partial charge on any atom is 0.152 e. The molecule has 3 aromatic rings. The van der Waals surface area contributed by atoms with E-state index in [1.54, 1.807) is 12.3 Å². The predicted molar refractivity (Wildman–Crippen MR) is 111 cm³/mol. The summed E-state index contributed by atoms with van der Waals surface area (Å²) in [7, 11) is 0. The molecule has 0 bridgehead atoms. The van der Waals surface area contributed by atoms with Crippen molar-refractivity contribution < 1.29 is 0 Å². The Morgan fingerprint density at radius 3 is 2.70 bits per heavy atom. The Bertz CT molecular complexity index is 992. The number of halogens is 2. The minimum atomic E-state index is 0.0149.